The first-order chi connectivity index (χ1) is 9.61. The molecule has 0 fully saturated rings. The first-order valence-electron chi connectivity index (χ1n) is 6.02. The SMILES string of the molecule is CCOC(=O)c1c(N)nsc1NCc1cccc(F)c1. The Morgan fingerprint density at radius 1 is 1.55 bits per heavy atom. The molecule has 0 saturated carbocycles. The molecule has 0 aliphatic carbocycles. The van der Waals surface area contributed by atoms with Gasteiger partial charge in [-0.15, -0.1) is 0 Å². The number of hydrogen-bond acceptors (Lipinski definition) is 6. The van der Waals surface area contributed by atoms with Crippen LogP contribution >= 0.6 is 11.5 Å². The van der Waals surface area contributed by atoms with E-state index in [1.165, 1.54) is 12.1 Å². The highest BCUT2D eigenvalue weighted by Crippen LogP contribution is 2.28. The Morgan fingerprint density at radius 3 is 3.05 bits per heavy atom. The molecule has 1 heterocycles. The molecule has 0 unspecified atom stereocenters. The van der Waals surface area contributed by atoms with Crippen LogP contribution in [0, 0.1) is 5.82 Å². The third kappa shape index (κ3) is 3.24. The highest BCUT2D eigenvalue weighted by atomic mass is 32.1. The van der Waals surface area contributed by atoms with Crippen molar-refractivity contribution in [2.24, 2.45) is 0 Å². The summed E-state index contributed by atoms with van der Waals surface area (Å²) in [4.78, 5) is 11.8. The summed E-state index contributed by atoms with van der Waals surface area (Å²) in [6.07, 6.45) is 0. The maximum absolute atomic E-state index is 13.1. The summed E-state index contributed by atoms with van der Waals surface area (Å²) in [6, 6.07) is 6.20. The van der Waals surface area contributed by atoms with Crippen LogP contribution in [0.5, 0.6) is 0 Å². The van der Waals surface area contributed by atoms with Gasteiger partial charge in [0, 0.05) is 6.54 Å². The molecule has 0 atom stereocenters. The standard InChI is InChI=1S/C13H14FN3O2S/c1-2-19-13(18)10-11(15)17-20-12(10)16-7-8-4-3-5-9(14)6-8/h3-6,16H,2,7H2,1H3,(H2,15,17). The smallest absolute Gasteiger partial charge is 0.344 e. The quantitative estimate of drug-likeness (QED) is 0.829. The molecule has 0 saturated heterocycles. The van der Waals surface area contributed by atoms with Crippen LogP contribution in [-0.4, -0.2) is 16.9 Å². The second kappa shape index (κ2) is 6.33. The van der Waals surface area contributed by atoms with Crippen LogP contribution in [0.2, 0.25) is 0 Å². The van der Waals surface area contributed by atoms with E-state index >= 15 is 0 Å². The molecule has 2 aromatic rings. The summed E-state index contributed by atoms with van der Waals surface area (Å²) in [6.45, 7) is 2.34. The summed E-state index contributed by atoms with van der Waals surface area (Å²) < 4.78 is 21.9. The fraction of sp³-hybridized carbons (Fsp3) is 0.231. The maximum Gasteiger partial charge on any atom is 0.344 e. The van der Waals surface area contributed by atoms with Gasteiger partial charge in [-0.2, -0.15) is 4.37 Å². The van der Waals surface area contributed by atoms with Crippen molar-refractivity contribution in [2.45, 2.75) is 13.5 Å². The Kier molecular flexibility index (Phi) is 4.52. The molecule has 0 amide bonds. The number of aromatic nitrogens is 1. The number of nitrogen functional groups attached to an aromatic ring is 1. The van der Waals surface area contributed by atoms with Gasteiger partial charge in [0.15, 0.2) is 5.82 Å². The molecular weight excluding hydrogens is 281 g/mol. The zero-order valence-corrected chi connectivity index (χ0v) is 11.7. The number of rotatable bonds is 5. The summed E-state index contributed by atoms with van der Waals surface area (Å²) in [5.41, 5.74) is 6.65. The number of carbonyl (C=O) groups is 1. The van der Waals surface area contributed by atoms with Crippen LogP contribution in [0.4, 0.5) is 15.2 Å². The van der Waals surface area contributed by atoms with Crippen molar-refractivity contribution in [1.82, 2.24) is 4.37 Å². The Morgan fingerprint density at radius 2 is 2.35 bits per heavy atom. The number of benzene rings is 1. The van der Waals surface area contributed by atoms with Crippen molar-refractivity contribution < 1.29 is 13.9 Å². The van der Waals surface area contributed by atoms with Crippen LogP contribution in [0.1, 0.15) is 22.8 Å². The number of nitrogens with one attached hydrogen (secondary N) is 1. The average Bonchev–Trinajstić information content (AvgIpc) is 2.78. The number of hydrogen-bond donors (Lipinski definition) is 2. The summed E-state index contributed by atoms with van der Waals surface area (Å²) in [7, 11) is 0. The van der Waals surface area contributed by atoms with Gasteiger partial charge in [-0.3, -0.25) is 0 Å². The van der Waals surface area contributed by atoms with Gasteiger partial charge in [0.1, 0.15) is 16.4 Å². The lowest BCUT2D eigenvalue weighted by molar-refractivity contribution is 0.0529. The number of anilines is 2. The molecule has 20 heavy (non-hydrogen) atoms. The minimum Gasteiger partial charge on any atom is -0.462 e. The minimum absolute atomic E-state index is 0.134. The van der Waals surface area contributed by atoms with E-state index < -0.39 is 5.97 Å². The van der Waals surface area contributed by atoms with Gasteiger partial charge in [0.05, 0.1) is 6.61 Å². The first-order valence-corrected chi connectivity index (χ1v) is 6.79. The molecule has 5 nitrogen and oxygen atoms in total. The molecule has 1 aromatic carbocycles. The van der Waals surface area contributed by atoms with Gasteiger partial charge in [0.25, 0.3) is 0 Å². The van der Waals surface area contributed by atoms with E-state index in [1.54, 1.807) is 19.1 Å². The highest BCUT2D eigenvalue weighted by molar-refractivity contribution is 7.11. The molecule has 0 bridgehead atoms. The number of nitrogens with two attached hydrogens (primary N) is 1. The van der Waals surface area contributed by atoms with Crippen LogP contribution in [0.3, 0.4) is 0 Å². The predicted octanol–water partition coefficient (Wildman–Crippen LogP) is 2.65. The number of nitrogens with zero attached hydrogens (tertiary/aromatic N) is 1. The van der Waals surface area contributed by atoms with Crippen LogP contribution in [0.25, 0.3) is 0 Å². The second-order valence-electron chi connectivity index (χ2n) is 3.98. The zero-order chi connectivity index (χ0) is 14.5. The number of esters is 1. The number of carbonyl (C=O) groups excluding carboxylic acids is 1. The van der Waals surface area contributed by atoms with Crippen LogP contribution in [-0.2, 0) is 11.3 Å². The fourth-order valence-electron chi connectivity index (χ4n) is 1.65. The van der Waals surface area contributed by atoms with Crippen molar-refractivity contribution in [3.05, 3.63) is 41.2 Å². The molecule has 7 heteroatoms. The Bertz CT molecular complexity index is 615. The fourth-order valence-corrected chi connectivity index (χ4v) is 2.35. The van der Waals surface area contributed by atoms with E-state index in [1.807, 2.05) is 0 Å². The molecule has 0 spiro atoms. The summed E-state index contributed by atoms with van der Waals surface area (Å²) >= 11 is 1.07. The largest absolute Gasteiger partial charge is 0.462 e. The van der Waals surface area contributed by atoms with E-state index in [4.69, 9.17) is 10.5 Å². The van der Waals surface area contributed by atoms with Crippen molar-refractivity contribution in [3.63, 3.8) is 0 Å². The third-order valence-corrected chi connectivity index (χ3v) is 3.36. The lowest BCUT2D eigenvalue weighted by Gasteiger charge is -2.07. The Balaban J connectivity index is 2.12. The van der Waals surface area contributed by atoms with Crippen molar-refractivity contribution in [3.8, 4) is 0 Å². The Hall–Kier alpha value is -2.15. The monoisotopic (exact) mass is 295 g/mol. The van der Waals surface area contributed by atoms with Crippen LogP contribution < -0.4 is 11.1 Å². The molecule has 0 aliphatic heterocycles. The lowest BCUT2D eigenvalue weighted by Crippen LogP contribution is -2.10. The topological polar surface area (TPSA) is 77.2 Å². The van der Waals surface area contributed by atoms with E-state index in [0.29, 0.717) is 11.5 Å². The normalized spacial score (nSPS) is 10.3. The van der Waals surface area contributed by atoms with Gasteiger partial charge in [-0.1, -0.05) is 12.1 Å². The van der Waals surface area contributed by atoms with Gasteiger partial charge in [-0.25, -0.2) is 9.18 Å². The molecule has 2 rings (SSSR count). The maximum atomic E-state index is 13.1. The second-order valence-corrected chi connectivity index (χ2v) is 4.75. The van der Waals surface area contributed by atoms with Gasteiger partial charge >= 0.3 is 5.97 Å². The number of ether oxygens (including phenoxy) is 1. The summed E-state index contributed by atoms with van der Waals surface area (Å²) in [5.74, 6) is -0.686. The lowest BCUT2D eigenvalue weighted by atomic mass is 10.2. The molecule has 106 valence electrons. The third-order valence-electron chi connectivity index (χ3n) is 2.54. The molecule has 0 radical (unpaired) electrons. The van der Waals surface area contributed by atoms with Gasteiger partial charge in [0.2, 0.25) is 0 Å². The molecule has 1 aromatic heterocycles. The minimum atomic E-state index is -0.513. The van der Waals surface area contributed by atoms with E-state index in [-0.39, 0.29) is 23.8 Å². The van der Waals surface area contributed by atoms with Crippen molar-refractivity contribution in [1.29, 1.82) is 0 Å². The summed E-state index contributed by atoms with van der Waals surface area (Å²) in [5, 5.41) is 3.54. The predicted molar refractivity (Wildman–Crippen MR) is 76.2 cm³/mol. The van der Waals surface area contributed by atoms with Crippen LogP contribution in [0.15, 0.2) is 24.3 Å². The molecule has 0 aliphatic rings. The van der Waals surface area contributed by atoms with Gasteiger partial charge in [-0.05, 0) is 36.2 Å². The van der Waals surface area contributed by atoms with Gasteiger partial charge < -0.3 is 15.8 Å². The average molecular weight is 295 g/mol. The highest BCUT2D eigenvalue weighted by Gasteiger charge is 2.20. The van der Waals surface area contributed by atoms with E-state index in [0.717, 1.165) is 17.1 Å². The van der Waals surface area contributed by atoms with E-state index in [2.05, 4.69) is 9.69 Å². The molecule has 3 N–H and O–H groups in total. The number of halogens is 1. The molecular formula is C13H14FN3O2S. The van der Waals surface area contributed by atoms with Crippen molar-refractivity contribution in [2.75, 3.05) is 17.7 Å². The Labute approximate surface area is 119 Å². The first kappa shape index (κ1) is 14.3. The van der Waals surface area contributed by atoms with Crippen molar-refractivity contribution >= 4 is 28.3 Å². The zero-order valence-electron chi connectivity index (χ0n) is 10.9. The van der Waals surface area contributed by atoms with E-state index in [9.17, 15) is 9.18 Å².